The molecule has 0 aliphatic carbocycles. The molecule has 0 unspecified atom stereocenters. The number of methoxy groups -OCH3 is 2. The minimum absolute atomic E-state index is 0.0711. The van der Waals surface area contributed by atoms with Crippen molar-refractivity contribution in [2.24, 2.45) is 0 Å². The van der Waals surface area contributed by atoms with Crippen LogP contribution in [0.3, 0.4) is 0 Å². The molecule has 0 radical (unpaired) electrons. The van der Waals surface area contributed by atoms with Crippen LogP contribution < -0.4 is 19.5 Å². The number of benzene rings is 2. The summed E-state index contributed by atoms with van der Waals surface area (Å²) in [6, 6.07) is 13.7. The summed E-state index contributed by atoms with van der Waals surface area (Å²) in [5.74, 6) is 2.87. The summed E-state index contributed by atoms with van der Waals surface area (Å²) in [6.07, 6.45) is 1.65. The molecule has 0 saturated carbocycles. The van der Waals surface area contributed by atoms with Crippen molar-refractivity contribution in [2.45, 2.75) is 20.0 Å². The van der Waals surface area contributed by atoms with Crippen LogP contribution in [0.25, 0.3) is 21.3 Å². The molecular weight excluding hydrogens is 398 g/mol. The summed E-state index contributed by atoms with van der Waals surface area (Å²) in [7, 11) is 3.26. The van der Waals surface area contributed by atoms with Crippen molar-refractivity contribution in [1.82, 2.24) is 9.97 Å². The molecular formula is C23H23N3O3S. The van der Waals surface area contributed by atoms with Gasteiger partial charge in [-0.1, -0.05) is 18.2 Å². The lowest BCUT2D eigenvalue weighted by molar-refractivity contribution is 0.244. The quantitative estimate of drug-likeness (QED) is 0.400. The van der Waals surface area contributed by atoms with Gasteiger partial charge in [0, 0.05) is 10.9 Å². The van der Waals surface area contributed by atoms with Gasteiger partial charge < -0.3 is 19.5 Å². The fourth-order valence-electron chi connectivity index (χ4n) is 3.24. The molecule has 0 aliphatic rings. The van der Waals surface area contributed by atoms with Crippen LogP contribution in [0.2, 0.25) is 0 Å². The van der Waals surface area contributed by atoms with Crippen LogP contribution in [0.5, 0.6) is 17.2 Å². The molecule has 0 saturated heterocycles. The number of thiophene rings is 1. The first-order valence-electron chi connectivity index (χ1n) is 9.58. The number of nitrogens with one attached hydrogen (secondary N) is 1. The Kier molecular flexibility index (Phi) is 5.72. The van der Waals surface area contributed by atoms with Gasteiger partial charge in [-0.15, -0.1) is 11.3 Å². The third-order valence-electron chi connectivity index (χ3n) is 4.57. The van der Waals surface area contributed by atoms with Crippen molar-refractivity contribution in [3.8, 4) is 28.4 Å². The Bertz CT molecular complexity index is 1170. The first-order valence-corrected chi connectivity index (χ1v) is 10.5. The van der Waals surface area contributed by atoms with Gasteiger partial charge in [0.05, 0.1) is 31.4 Å². The molecule has 0 fully saturated rings. The Balaban J connectivity index is 1.80. The number of rotatable bonds is 7. The van der Waals surface area contributed by atoms with Crippen molar-refractivity contribution in [3.63, 3.8) is 0 Å². The molecule has 0 amide bonds. The second kappa shape index (κ2) is 8.59. The number of ether oxygens (including phenoxy) is 3. The molecule has 154 valence electrons. The fraction of sp³-hybridized carbons (Fsp3) is 0.217. The predicted molar refractivity (Wildman–Crippen MR) is 121 cm³/mol. The van der Waals surface area contributed by atoms with E-state index in [0.29, 0.717) is 11.5 Å². The monoisotopic (exact) mass is 421 g/mol. The van der Waals surface area contributed by atoms with E-state index in [4.69, 9.17) is 14.2 Å². The zero-order chi connectivity index (χ0) is 21.1. The van der Waals surface area contributed by atoms with E-state index in [0.717, 1.165) is 38.6 Å². The molecule has 4 aromatic rings. The minimum atomic E-state index is 0.0711. The molecule has 6 nitrogen and oxygen atoms in total. The molecule has 0 atom stereocenters. The molecule has 2 heterocycles. The van der Waals surface area contributed by atoms with E-state index in [2.05, 4.69) is 20.7 Å². The Morgan fingerprint density at radius 3 is 2.50 bits per heavy atom. The van der Waals surface area contributed by atoms with Gasteiger partial charge >= 0.3 is 0 Å². The summed E-state index contributed by atoms with van der Waals surface area (Å²) >= 11 is 1.58. The van der Waals surface area contributed by atoms with Gasteiger partial charge in [0.15, 0.2) is 11.5 Å². The number of anilines is 2. The van der Waals surface area contributed by atoms with Crippen LogP contribution in [-0.2, 0) is 0 Å². The van der Waals surface area contributed by atoms with Crippen molar-refractivity contribution in [3.05, 3.63) is 54.2 Å². The van der Waals surface area contributed by atoms with Crippen LogP contribution in [0.1, 0.15) is 13.8 Å². The number of hydrogen-bond acceptors (Lipinski definition) is 7. The highest BCUT2D eigenvalue weighted by Gasteiger charge is 2.16. The van der Waals surface area contributed by atoms with Crippen LogP contribution in [0, 0.1) is 0 Å². The average molecular weight is 422 g/mol. The van der Waals surface area contributed by atoms with Crippen molar-refractivity contribution in [2.75, 3.05) is 19.5 Å². The van der Waals surface area contributed by atoms with E-state index >= 15 is 0 Å². The van der Waals surface area contributed by atoms with E-state index in [1.807, 2.05) is 56.3 Å². The number of hydrogen-bond donors (Lipinski definition) is 1. The Labute approximate surface area is 179 Å². The highest BCUT2D eigenvalue weighted by Crippen LogP contribution is 2.41. The van der Waals surface area contributed by atoms with E-state index in [1.54, 1.807) is 31.9 Å². The first-order chi connectivity index (χ1) is 14.6. The topological polar surface area (TPSA) is 65.5 Å². The molecule has 0 aliphatic heterocycles. The molecule has 7 heteroatoms. The molecule has 4 rings (SSSR count). The maximum absolute atomic E-state index is 5.95. The van der Waals surface area contributed by atoms with Gasteiger partial charge in [0.2, 0.25) is 0 Å². The average Bonchev–Trinajstić information content (AvgIpc) is 3.19. The van der Waals surface area contributed by atoms with Crippen molar-refractivity contribution in [1.29, 1.82) is 0 Å². The zero-order valence-electron chi connectivity index (χ0n) is 17.3. The van der Waals surface area contributed by atoms with Crippen LogP contribution in [0.15, 0.2) is 54.2 Å². The smallest absolute Gasteiger partial charge is 0.161 e. The van der Waals surface area contributed by atoms with Crippen LogP contribution in [0.4, 0.5) is 11.5 Å². The fourth-order valence-corrected chi connectivity index (χ4v) is 4.16. The largest absolute Gasteiger partial charge is 0.493 e. The maximum Gasteiger partial charge on any atom is 0.161 e. The molecule has 30 heavy (non-hydrogen) atoms. The SMILES string of the molecule is COc1ccc(-c2csc3ncnc(Nc4ccccc4OC(C)C)c23)cc1OC. The number of aromatic nitrogens is 2. The van der Waals surface area contributed by atoms with Crippen molar-refractivity contribution >= 4 is 33.1 Å². The second-order valence-electron chi connectivity index (χ2n) is 6.91. The van der Waals surface area contributed by atoms with Gasteiger partial charge in [-0.3, -0.25) is 0 Å². The predicted octanol–water partition coefficient (Wildman–Crippen LogP) is 5.91. The molecule has 0 bridgehead atoms. The van der Waals surface area contributed by atoms with E-state index in [9.17, 15) is 0 Å². The van der Waals surface area contributed by atoms with Crippen molar-refractivity contribution < 1.29 is 14.2 Å². The van der Waals surface area contributed by atoms with E-state index < -0.39 is 0 Å². The summed E-state index contributed by atoms with van der Waals surface area (Å²) < 4.78 is 16.8. The third kappa shape index (κ3) is 3.89. The Morgan fingerprint density at radius 2 is 1.73 bits per heavy atom. The maximum atomic E-state index is 5.95. The van der Waals surface area contributed by atoms with Gasteiger partial charge in [-0.25, -0.2) is 9.97 Å². The third-order valence-corrected chi connectivity index (χ3v) is 5.45. The molecule has 2 aromatic carbocycles. The van der Waals surface area contributed by atoms with E-state index in [-0.39, 0.29) is 6.10 Å². The lowest BCUT2D eigenvalue weighted by atomic mass is 10.1. The second-order valence-corrected chi connectivity index (χ2v) is 7.77. The highest BCUT2D eigenvalue weighted by molar-refractivity contribution is 7.17. The Morgan fingerprint density at radius 1 is 0.933 bits per heavy atom. The van der Waals surface area contributed by atoms with Gasteiger partial charge in [-0.2, -0.15) is 0 Å². The zero-order valence-corrected chi connectivity index (χ0v) is 18.1. The normalized spacial score (nSPS) is 11.0. The Hall–Kier alpha value is -3.32. The first kappa shape index (κ1) is 20.0. The number of nitrogens with zero attached hydrogens (tertiary/aromatic N) is 2. The summed E-state index contributed by atoms with van der Waals surface area (Å²) in [4.78, 5) is 9.89. The highest BCUT2D eigenvalue weighted by atomic mass is 32.1. The molecule has 1 N–H and O–H groups in total. The van der Waals surface area contributed by atoms with Crippen LogP contribution in [-0.4, -0.2) is 30.3 Å². The summed E-state index contributed by atoms with van der Waals surface area (Å²) in [5.41, 5.74) is 2.89. The van der Waals surface area contributed by atoms with Gasteiger partial charge in [-0.05, 0) is 43.7 Å². The van der Waals surface area contributed by atoms with Gasteiger partial charge in [0.25, 0.3) is 0 Å². The molecule has 2 aromatic heterocycles. The number of para-hydroxylation sites is 2. The van der Waals surface area contributed by atoms with Crippen LogP contribution >= 0.6 is 11.3 Å². The summed E-state index contributed by atoms with van der Waals surface area (Å²) in [5, 5.41) is 6.48. The summed E-state index contributed by atoms with van der Waals surface area (Å²) in [6.45, 7) is 4.02. The van der Waals surface area contributed by atoms with E-state index in [1.165, 1.54) is 0 Å². The van der Waals surface area contributed by atoms with Gasteiger partial charge in [0.1, 0.15) is 22.7 Å². The standard InChI is InChI=1S/C23H23N3O3S/c1-14(2)29-18-8-6-5-7-17(18)26-22-21-16(12-30-23(21)25-13-24-22)15-9-10-19(27-3)20(11-15)28-4/h5-14H,1-4H3,(H,24,25,26). The lowest BCUT2D eigenvalue weighted by Gasteiger charge is -2.16. The molecule has 0 spiro atoms. The minimum Gasteiger partial charge on any atom is -0.493 e. The lowest BCUT2D eigenvalue weighted by Crippen LogP contribution is -2.07. The number of fused-ring (bicyclic) bond motifs is 1.